The molecule has 0 aliphatic carbocycles. The van der Waals surface area contributed by atoms with Gasteiger partial charge in [-0.1, -0.05) is 23.7 Å². The molecule has 7 heteroatoms. The zero-order valence-corrected chi connectivity index (χ0v) is 16.7. The maximum Gasteiger partial charge on any atom is 0.227 e. The fourth-order valence-corrected chi connectivity index (χ4v) is 3.40. The largest absolute Gasteiger partial charge is 0.356 e. The molecule has 0 spiro atoms. The van der Waals surface area contributed by atoms with Crippen molar-refractivity contribution in [1.82, 2.24) is 15.1 Å². The molecule has 2 aromatic rings. The van der Waals surface area contributed by atoms with E-state index in [1.165, 1.54) is 0 Å². The summed E-state index contributed by atoms with van der Waals surface area (Å²) in [6, 6.07) is 11.5. The second kappa shape index (κ2) is 9.04. The summed E-state index contributed by atoms with van der Waals surface area (Å²) in [7, 11) is 0. The minimum absolute atomic E-state index is 0.153. The van der Waals surface area contributed by atoms with Crippen LogP contribution in [0, 0.1) is 0 Å². The van der Waals surface area contributed by atoms with Gasteiger partial charge < -0.3 is 14.7 Å². The first-order valence-electron chi connectivity index (χ1n) is 9.46. The van der Waals surface area contributed by atoms with E-state index in [9.17, 15) is 4.79 Å². The molecule has 0 radical (unpaired) electrons. The van der Waals surface area contributed by atoms with Gasteiger partial charge in [0.2, 0.25) is 5.91 Å². The van der Waals surface area contributed by atoms with E-state index in [1.807, 2.05) is 41.3 Å². The van der Waals surface area contributed by atoms with Gasteiger partial charge in [0, 0.05) is 44.3 Å². The van der Waals surface area contributed by atoms with Gasteiger partial charge in [0.15, 0.2) is 11.6 Å². The van der Waals surface area contributed by atoms with E-state index < -0.39 is 0 Å². The van der Waals surface area contributed by atoms with Crippen LogP contribution in [-0.2, 0) is 11.2 Å². The number of halogens is 1. The van der Waals surface area contributed by atoms with Crippen molar-refractivity contribution in [2.24, 2.45) is 0 Å². The van der Waals surface area contributed by atoms with Crippen LogP contribution >= 0.6 is 11.6 Å². The first kappa shape index (κ1) is 19.4. The topological polar surface area (TPSA) is 52.6 Å². The molecule has 2 heterocycles. The Kier molecular flexibility index (Phi) is 6.50. The Labute approximate surface area is 165 Å². The van der Waals surface area contributed by atoms with E-state index in [2.05, 4.69) is 33.8 Å². The van der Waals surface area contributed by atoms with Gasteiger partial charge in [0.1, 0.15) is 0 Å². The predicted octanol–water partition coefficient (Wildman–Crippen LogP) is 2.87. The molecule has 6 nitrogen and oxygen atoms in total. The number of aromatic nitrogens is 2. The van der Waals surface area contributed by atoms with Crippen LogP contribution in [0.25, 0.3) is 0 Å². The van der Waals surface area contributed by atoms with Crippen LogP contribution in [0.1, 0.15) is 19.4 Å². The number of carbonyl (C=O) groups excluding carboxylic acids is 1. The van der Waals surface area contributed by atoms with Crippen molar-refractivity contribution in [3.05, 3.63) is 47.0 Å². The second-order valence-electron chi connectivity index (χ2n) is 6.59. The quantitative estimate of drug-likeness (QED) is 0.762. The molecular formula is C20H26ClN5O. The average molecular weight is 388 g/mol. The molecule has 27 heavy (non-hydrogen) atoms. The molecule has 1 aliphatic rings. The molecule has 3 rings (SSSR count). The summed E-state index contributed by atoms with van der Waals surface area (Å²) in [6.45, 7) is 8.99. The predicted molar refractivity (Wildman–Crippen MR) is 110 cm³/mol. The van der Waals surface area contributed by atoms with E-state index in [0.29, 0.717) is 24.5 Å². The SMILES string of the molecule is CCN(CC)c1ccc(N2CCN(C(=O)Cc3ccc(Cl)cc3)CC2)nn1. The summed E-state index contributed by atoms with van der Waals surface area (Å²) in [6.07, 6.45) is 0.412. The summed E-state index contributed by atoms with van der Waals surface area (Å²) < 4.78 is 0. The lowest BCUT2D eigenvalue weighted by Crippen LogP contribution is -2.49. The molecule has 1 aliphatic heterocycles. The monoisotopic (exact) mass is 387 g/mol. The molecule has 1 aromatic heterocycles. The number of carbonyl (C=O) groups is 1. The van der Waals surface area contributed by atoms with Crippen LogP contribution < -0.4 is 9.80 Å². The second-order valence-corrected chi connectivity index (χ2v) is 7.03. The third-order valence-corrected chi connectivity index (χ3v) is 5.20. The average Bonchev–Trinajstić information content (AvgIpc) is 2.71. The zero-order chi connectivity index (χ0) is 19.2. The Hall–Kier alpha value is -2.34. The van der Waals surface area contributed by atoms with Crippen molar-refractivity contribution < 1.29 is 4.79 Å². The minimum atomic E-state index is 0.153. The molecule has 0 atom stereocenters. The minimum Gasteiger partial charge on any atom is -0.356 e. The van der Waals surface area contributed by atoms with E-state index in [1.54, 1.807) is 0 Å². The molecule has 0 bridgehead atoms. The molecule has 144 valence electrons. The van der Waals surface area contributed by atoms with Gasteiger partial charge in [0.05, 0.1) is 6.42 Å². The Morgan fingerprint density at radius 1 is 1.00 bits per heavy atom. The highest BCUT2D eigenvalue weighted by atomic mass is 35.5. The summed E-state index contributed by atoms with van der Waals surface area (Å²) in [5, 5.41) is 9.43. The first-order chi connectivity index (χ1) is 13.1. The summed E-state index contributed by atoms with van der Waals surface area (Å²) in [5.74, 6) is 1.93. The highest BCUT2D eigenvalue weighted by molar-refractivity contribution is 6.30. The third-order valence-electron chi connectivity index (χ3n) is 4.95. The molecule has 1 saturated heterocycles. The van der Waals surface area contributed by atoms with Crippen molar-refractivity contribution in [3.8, 4) is 0 Å². The number of benzene rings is 1. The maximum absolute atomic E-state index is 12.5. The number of rotatable bonds is 6. The van der Waals surface area contributed by atoms with E-state index >= 15 is 0 Å². The van der Waals surface area contributed by atoms with Gasteiger partial charge in [-0.2, -0.15) is 0 Å². The summed E-state index contributed by atoms with van der Waals surface area (Å²) >= 11 is 5.90. The molecule has 1 fully saturated rings. The van der Waals surface area contributed by atoms with Crippen LogP contribution in [0.15, 0.2) is 36.4 Å². The van der Waals surface area contributed by atoms with Gasteiger partial charge in [-0.25, -0.2) is 0 Å². The summed E-state index contributed by atoms with van der Waals surface area (Å²) in [5.41, 5.74) is 0.990. The lowest BCUT2D eigenvalue weighted by molar-refractivity contribution is -0.130. The number of piperazine rings is 1. The first-order valence-corrected chi connectivity index (χ1v) is 9.84. The van der Waals surface area contributed by atoms with Gasteiger partial charge >= 0.3 is 0 Å². The zero-order valence-electron chi connectivity index (χ0n) is 15.9. The van der Waals surface area contributed by atoms with E-state index in [0.717, 1.165) is 43.4 Å². The Balaban J connectivity index is 1.53. The number of hydrogen-bond donors (Lipinski definition) is 0. The maximum atomic E-state index is 12.5. The van der Waals surface area contributed by atoms with Crippen LogP contribution in [0.5, 0.6) is 0 Å². The normalized spacial score (nSPS) is 14.3. The highest BCUT2D eigenvalue weighted by Gasteiger charge is 2.22. The van der Waals surface area contributed by atoms with Crippen molar-refractivity contribution in [1.29, 1.82) is 0 Å². The van der Waals surface area contributed by atoms with Crippen molar-refractivity contribution in [2.45, 2.75) is 20.3 Å². The van der Waals surface area contributed by atoms with Crippen LogP contribution in [0.2, 0.25) is 5.02 Å². The highest BCUT2D eigenvalue weighted by Crippen LogP contribution is 2.17. The van der Waals surface area contributed by atoms with Gasteiger partial charge in [0.25, 0.3) is 0 Å². The number of anilines is 2. The lowest BCUT2D eigenvalue weighted by Gasteiger charge is -2.35. The fourth-order valence-electron chi connectivity index (χ4n) is 3.28. The third kappa shape index (κ3) is 4.89. The van der Waals surface area contributed by atoms with Crippen LogP contribution in [-0.4, -0.2) is 60.3 Å². The Morgan fingerprint density at radius 2 is 1.67 bits per heavy atom. The summed E-state index contributed by atoms with van der Waals surface area (Å²) in [4.78, 5) is 18.8. The van der Waals surface area contributed by atoms with Crippen molar-refractivity contribution in [3.63, 3.8) is 0 Å². The van der Waals surface area contributed by atoms with E-state index in [4.69, 9.17) is 11.6 Å². The molecule has 1 amide bonds. The molecule has 0 unspecified atom stereocenters. The van der Waals surface area contributed by atoms with Gasteiger partial charge in [-0.3, -0.25) is 4.79 Å². The molecule has 0 N–H and O–H groups in total. The smallest absolute Gasteiger partial charge is 0.227 e. The molecule has 0 saturated carbocycles. The fraction of sp³-hybridized carbons (Fsp3) is 0.450. The molecule has 1 aromatic carbocycles. The molecular weight excluding hydrogens is 362 g/mol. The van der Waals surface area contributed by atoms with Crippen molar-refractivity contribution in [2.75, 3.05) is 49.1 Å². The lowest BCUT2D eigenvalue weighted by atomic mass is 10.1. The number of nitrogens with zero attached hydrogens (tertiary/aromatic N) is 5. The van der Waals surface area contributed by atoms with Crippen LogP contribution in [0.4, 0.5) is 11.6 Å². The number of amides is 1. The standard InChI is InChI=1S/C20H26ClN5O/c1-3-24(4-2)18-9-10-19(23-22-18)25-11-13-26(14-12-25)20(27)15-16-5-7-17(21)8-6-16/h5-10H,3-4,11-15H2,1-2H3. The van der Waals surface area contributed by atoms with Gasteiger partial charge in [-0.15, -0.1) is 10.2 Å². The van der Waals surface area contributed by atoms with Crippen LogP contribution in [0.3, 0.4) is 0 Å². The Bertz CT molecular complexity index is 738. The van der Waals surface area contributed by atoms with E-state index in [-0.39, 0.29) is 5.91 Å². The van der Waals surface area contributed by atoms with Crippen molar-refractivity contribution >= 4 is 29.1 Å². The van der Waals surface area contributed by atoms with Gasteiger partial charge in [-0.05, 0) is 43.7 Å². The Morgan fingerprint density at radius 3 is 2.22 bits per heavy atom. The number of hydrogen-bond acceptors (Lipinski definition) is 5.